The van der Waals surface area contributed by atoms with Gasteiger partial charge in [-0.2, -0.15) is 0 Å². The van der Waals surface area contributed by atoms with E-state index in [0.29, 0.717) is 29.5 Å². The van der Waals surface area contributed by atoms with Gasteiger partial charge in [0.15, 0.2) is 0 Å². The van der Waals surface area contributed by atoms with Gasteiger partial charge in [-0.05, 0) is 42.3 Å². The van der Waals surface area contributed by atoms with Gasteiger partial charge in [-0.25, -0.2) is 8.42 Å². The van der Waals surface area contributed by atoms with Crippen LogP contribution in [0.3, 0.4) is 0 Å². The van der Waals surface area contributed by atoms with Gasteiger partial charge in [0.2, 0.25) is 5.91 Å². The number of ether oxygens (including phenoxy) is 1. The van der Waals surface area contributed by atoms with Crippen molar-refractivity contribution in [1.82, 2.24) is 5.32 Å². The number of nitrogens with one attached hydrogen (secondary N) is 1. The summed E-state index contributed by atoms with van der Waals surface area (Å²) >= 11 is 6.12. The Balaban J connectivity index is 1.69. The summed E-state index contributed by atoms with van der Waals surface area (Å²) in [5, 5.41) is 3.11. The molecule has 0 saturated heterocycles. The molecule has 3 aromatic rings. The van der Waals surface area contributed by atoms with Crippen LogP contribution in [0.2, 0.25) is 5.02 Å². The molecule has 168 valence electrons. The highest BCUT2D eigenvalue weighted by atomic mass is 35.5. The Hall–Kier alpha value is -2.87. The Labute approximate surface area is 193 Å². The highest BCUT2D eigenvalue weighted by Crippen LogP contribution is 2.29. The number of sulfonamides is 1. The van der Waals surface area contributed by atoms with E-state index in [1.165, 1.54) is 12.1 Å². The molecular weight excluding hydrogens is 448 g/mol. The van der Waals surface area contributed by atoms with Crippen molar-refractivity contribution < 1.29 is 17.9 Å². The maximum Gasteiger partial charge on any atom is 0.264 e. The van der Waals surface area contributed by atoms with Crippen molar-refractivity contribution in [2.75, 3.05) is 24.0 Å². The molecule has 0 aliphatic rings. The number of rotatable bonds is 10. The largest absolute Gasteiger partial charge is 0.375 e. The van der Waals surface area contributed by atoms with Crippen LogP contribution in [0.15, 0.2) is 83.8 Å². The van der Waals surface area contributed by atoms with Crippen molar-refractivity contribution in [3.05, 3.63) is 95.0 Å². The van der Waals surface area contributed by atoms with Gasteiger partial charge < -0.3 is 10.1 Å². The lowest BCUT2D eigenvalue weighted by Gasteiger charge is -2.25. The molecule has 6 nitrogen and oxygen atoms in total. The molecule has 32 heavy (non-hydrogen) atoms. The summed E-state index contributed by atoms with van der Waals surface area (Å²) in [6.07, 6.45) is 0. The third-order valence-electron chi connectivity index (χ3n) is 4.74. The minimum absolute atomic E-state index is 0.0957. The van der Waals surface area contributed by atoms with Crippen molar-refractivity contribution in [3.8, 4) is 0 Å². The zero-order valence-electron chi connectivity index (χ0n) is 17.7. The van der Waals surface area contributed by atoms with Crippen LogP contribution >= 0.6 is 11.6 Å². The monoisotopic (exact) mass is 472 g/mol. The zero-order chi connectivity index (χ0) is 23.0. The topological polar surface area (TPSA) is 75.7 Å². The molecule has 0 atom stereocenters. The highest BCUT2D eigenvalue weighted by molar-refractivity contribution is 7.92. The summed E-state index contributed by atoms with van der Waals surface area (Å²) in [6, 6.07) is 22.7. The number of anilines is 1. The average molecular weight is 473 g/mol. The molecule has 0 aromatic heterocycles. The first-order valence-corrected chi connectivity index (χ1v) is 11.9. The molecule has 0 aliphatic heterocycles. The number of amides is 1. The summed E-state index contributed by atoms with van der Waals surface area (Å²) < 4.78 is 33.3. The predicted octanol–water partition coefficient (Wildman–Crippen LogP) is 4.18. The van der Waals surface area contributed by atoms with Gasteiger partial charge in [-0.15, -0.1) is 0 Å². The molecule has 8 heteroatoms. The predicted molar refractivity (Wildman–Crippen MR) is 126 cm³/mol. The lowest BCUT2D eigenvalue weighted by molar-refractivity contribution is -0.119. The molecule has 0 fully saturated rings. The fourth-order valence-corrected chi connectivity index (χ4v) is 4.75. The summed E-state index contributed by atoms with van der Waals surface area (Å²) in [5.74, 6) is -0.438. The number of halogens is 1. The molecule has 0 aliphatic carbocycles. The quantitative estimate of drug-likeness (QED) is 0.449. The van der Waals surface area contributed by atoms with Gasteiger partial charge in [0.05, 0.1) is 23.8 Å². The van der Waals surface area contributed by atoms with Crippen LogP contribution in [0.4, 0.5) is 5.69 Å². The number of hydrogen-bond donors (Lipinski definition) is 1. The van der Waals surface area contributed by atoms with E-state index in [4.69, 9.17) is 16.3 Å². The average Bonchev–Trinajstić information content (AvgIpc) is 2.80. The van der Waals surface area contributed by atoms with Gasteiger partial charge in [-0.1, -0.05) is 66.2 Å². The molecule has 0 spiro atoms. The van der Waals surface area contributed by atoms with Crippen molar-refractivity contribution in [2.45, 2.75) is 18.4 Å². The number of aryl methyl sites for hydroxylation is 1. The van der Waals surface area contributed by atoms with Crippen molar-refractivity contribution >= 4 is 33.2 Å². The standard InChI is InChI=1S/C24H25ClN2O4S/c1-19-12-13-21(25)16-23(19)27(32(29,30)22-10-6-3-7-11-22)17-24(28)26-14-15-31-18-20-8-4-2-5-9-20/h2-13,16H,14-15,17-18H2,1H3,(H,26,28). The fraction of sp³-hybridized carbons (Fsp3) is 0.208. The summed E-state index contributed by atoms with van der Waals surface area (Å²) in [5.41, 5.74) is 2.08. The van der Waals surface area contributed by atoms with E-state index in [-0.39, 0.29) is 18.0 Å². The molecule has 0 radical (unpaired) electrons. The first-order chi connectivity index (χ1) is 15.4. The Morgan fingerprint density at radius 1 is 1.00 bits per heavy atom. The number of carbonyl (C=O) groups is 1. The van der Waals surface area contributed by atoms with E-state index in [2.05, 4.69) is 5.32 Å². The van der Waals surface area contributed by atoms with E-state index in [1.54, 1.807) is 43.3 Å². The maximum absolute atomic E-state index is 13.3. The van der Waals surface area contributed by atoms with Crippen LogP contribution in [0.1, 0.15) is 11.1 Å². The minimum atomic E-state index is -3.98. The fourth-order valence-electron chi connectivity index (χ4n) is 3.08. The second-order valence-electron chi connectivity index (χ2n) is 7.14. The van der Waals surface area contributed by atoms with Gasteiger partial charge in [0.1, 0.15) is 6.54 Å². The number of hydrogen-bond acceptors (Lipinski definition) is 4. The van der Waals surface area contributed by atoms with Gasteiger partial charge in [0, 0.05) is 11.6 Å². The molecule has 1 amide bonds. The molecule has 3 rings (SSSR count). The summed E-state index contributed by atoms with van der Waals surface area (Å²) in [6.45, 7) is 2.40. The number of benzene rings is 3. The maximum atomic E-state index is 13.3. The molecule has 0 saturated carbocycles. The molecule has 0 unspecified atom stereocenters. The van der Waals surface area contributed by atoms with E-state index >= 15 is 0 Å². The Morgan fingerprint density at radius 2 is 1.66 bits per heavy atom. The van der Waals surface area contributed by atoms with Crippen LogP contribution in [0.5, 0.6) is 0 Å². The molecule has 1 N–H and O–H groups in total. The smallest absolute Gasteiger partial charge is 0.264 e. The summed E-state index contributed by atoms with van der Waals surface area (Å²) in [4.78, 5) is 12.7. The zero-order valence-corrected chi connectivity index (χ0v) is 19.3. The molecular formula is C24H25ClN2O4S. The van der Waals surface area contributed by atoms with Gasteiger partial charge in [-0.3, -0.25) is 9.10 Å². The number of carbonyl (C=O) groups excluding carboxylic acids is 1. The minimum Gasteiger partial charge on any atom is -0.375 e. The lowest BCUT2D eigenvalue weighted by Crippen LogP contribution is -2.42. The van der Waals surface area contributed by atoms with E-state index in [1.807, 2.05) is 30.3 Å². The van der Waals surface area contributed by atoms with Crippen molar-refractivity contribution in [2.24, 2.45) is 0 Å². The van der Waals surface area contributed by atoms with E-state index < -0.39 is 15.9 Å². The first kappa shape index (κ1) is 23.8. The van der Waals surface area contributed by atoms with E-state index in [9.17, 15) is 13.2 Å². The Bertz CT molecular complexity index is 1140. The summed E-state index contributed by atoms with van der Waals surface area (Å²) in [7, 11) is -3.98. The second kappa shape index (κ2) is 11.1. The lowest BCUT2D eigenvalue weighted by atomic mass is 10.2. The SMILES string of the molecule is Cc1ccc(Cl)cc1N(CC(=O)NCCOCc1ccccc1)S(=O)(=O)c1ccccc1. The van der Waals surface area contributed by atoms with Crippen LogP contribution in [-0.4, -0.2) is 34.0 Å². The highest BCUT2D eigenvalue weighted by Gasteiger charge is 2.28. The van der Waals surface area contributed by atoms with Gasteiger partial charge in [0.25, 0.3) is 10.0 Å². The normalized spacial score (nSPS) is 11.2. The second-order valence-corrected chi connectivity index (χ2v) is 9.44. The third-order valence-corrected chi connectivity index (χ3v) is 6.75. The van der Waals surface area contributed by atoms with Crippen LogP contribution < -0.4 is 9.62 Å². The van der Waals surface area contributed by atoms with Crippen LogP contribution in [0.25, 0.3) is 0 Å². The van der Waals surface area contributed by atoms with E-state index in [0.717, 1.165) is 9.87 Å². The Morgan fingerprint density at radius 3 is 2.34 bits per heavy atom. The van der Waals surface area contributed by atoms with Crippen molar-refractivity contribution in [3.63, 3.8) is 0 Å². The van der Waals surface area contributed by atoms with Crippen LogP contribution in [-0.2, 0) is 26.2 Å². The van der Waals surface area contributed by atoms with Crippen LogP contribution in [0, 0.1) is 6.92 Å². The molecule has 0 bridgehead atoms. The van der Waals surface area contributed by atoms with Crippen molar-refractivity contribution in [1.29, 1.82) is 0 Å². The third kappa shape index (κ3) is 6.32. The molecule has 0 heterocycles. The number of nitrogens with zero attached hydrogens (tertiary/aromatic N) is 1. The van der Waals surface area contributed by atoms with Gasteiger partial charge >= 0.3 is 0 Å². The Kier molecular flexibility index (Phi) is 8.27. The molecule has 3 aromatic carbocycles. The first-order valence-electron chi connectivity index (χ1n) is 10.1.